The summed E-state index contributed by atoms with van der Waals surface area (Å²) in [5.41, 5.74) is 0. The van der Waals surface area contributed by atoms with E-state index in [1.165, 1.54) is 45.2 Å². The van der Waals surface area contributed by atoms with Crippen LogP contribution in [-0.4, -0.2) is 43.9 Å². The SMILES string of the molecule is CC(C)COP(C)(=S)OC[C@@H]1CCCN2CCCC[C@H]12. The second kappa shape index (κ2) is 7.69. The van der Waals surface area contributed by atoms with E-state index in [1.807, 2.05) is 6.66 Å². The van der Waals surface area contributed by atoms with E-state index in [1.54, 1.807) is 0 Å². The third-order valence-electron chi connectivity index (χ3n) is 4.39. The van der Waals surface area contributed by atoms with Crippen molar-refractivity contribution in [1.82, 2.24) is 4.90 Å². The van der Waals surface area contributed by atoms with E-state index in [0.29, 0.717) is 18.4 Å². The number of hydrogen-bond acceptors (Lipinski definition) is 4. The molecular weight excluding hydrogens is 289 g/mol. The maximum absolute atomic E-state index is 6.05. The molecule has 2 aliphatic rings. The lowest BCUT2D eigenvalue weighted by Gasteiger charge is -2.44. The third-order valence-corrected chi connectivity index (χ3v) is 6.26. The molecule has 0 N–H and O–H groups in total. The van der Waals surface area contributed by atoms with E-state index in [-0.39, 0.29) is 0 Å². The predicted molar refractivity (Wildman–Crippen MR) is 88.9 cm³/mol. The fraction of sp³-hybridized carbons (Fsp3) is 1.00. The van der Waals surface area contributed by atoms with Crippen LogP contribution in [0, 0.1) is 11.8 Å². The number of nitrogens with zero attached hydrogens (tertiary/aromatic N) is 1. The van der Waals surface area contributed by atoms with Crippen molar-refractivity contribution in [3.05, 3.63) is 0 Å². The van der Waals surface area contributed by atoms with Gasteiger partial charge in [0.25, 0.3) is 0 Å². The van der Waals surface area contributed by atoms with Crippen LogP contribution in [0.1, 0.15) is 46.0 Å². The largest absolute Gasteiger partial charge is 0.329 e. The molecule has 5 heteroatoms. The molecule has 2 fully saturated rings. The molecule has 0 aromatic heterocycles. The van der Waals surface area contributed by atoms with Crippen LogP contribution < -0.4 is 0 Å². The molecule has 0 saturated carbocycles. The van der Waals surface area contributed by atoms with Gasteiger partial charge in [-0.2, -0.15) is 0 Å². The molecule has 0 aliphatic carbocycles. The predicted octanol–water partition coefficient (Wildman–Crippen LogP) is 3.88. The second-order valence-corrected chi connectivity index (χ2v) is 10.8. The molecule has 0 aromatic rings. The van der Waals surface area contributed by atoms with E-state index >= 15 is 0 Å². The molecule has 0 spiro atoms. The summed E-state index contributed by atoms with van der Waals surface area (Å²) in [4.78, 5) is 2.68. The van der Waals surface area contributed by atoms with Crippen molar-refractivity contribution >= 4 is 18.3 Å². The van der Waals surface area contributed by atoms with E-state index in [0.717, 1.165) is 12.6 Å². The highest BCUT2D eigenvalue weighted by Gasteiger charge is 2.33. The molecule has 0 bridgehead atoms. The highest BCUT2D eigenvalue weighted by Crippen LogP contribution is 2.46. The summed E-state index contributed by atoms with van der Waals surface area (Å²) in [6.07, 6.45) is 6.69. The summed E-state index contributed by atoms with van der Waals surface area (Å²) < 4.78 is 11.9. The second-order valence-electron chi connectivity index (χ2n) is 6.76. The first-order chi connectivity index (χ1) is 9.48. The Kier molecular flexibility index (Phi) is 6.50. The zero-order chi connectivity index (χ0) is 14.6. The standard InChI is InChI=1S/C15H30NO2PS/c1-13(2)11-17-19(3,20)18-12-14-7-6-10-16-9-5-4-8-15(14)16/h13-15H,4-12H2,1-3H3/t14-,15+,19?/m0/s1. The molecular formula is C15H30NO2PS. The monoisotopic (exact) mass is 319 g/mol. The van der Waals surface area contributed by atoms with Gasteiger partial charge in [0, 0.05) is 12.7 Å². The van der Waals surface area contributed by atoms with Gasteiger partial charge in [-0.25, -0.2) is 0 Å². The maximum atomic E-state index is 6.05. The molecule has 2 rings (SSSR count). The number of fused-ring (bicyclic) bond motifs is 1. The van der Waals surface area contributed by atoms with Gasteiger partial charge in [0.15, 0.2) is 6.49 Å². The molecule has 0 aromatic carbocycles. The first-order valence-corrected chi connectivity index (χ1v) is 11.2. The highest BCUT2D eigenvalue weighted by molar-refractivity contribution is 8.09. The van der Waals surface area contributed by atoms with Crippen molar-refractivity contribution in [3.63, 3.8) is 0 Å². The summed E-state index contributed by atoms with van der Waals surface area (Å²) in [5, 5.41) is 0. The Bertz CT molecular complexity index is 349. The zero-order valence-electron chi connectivity index (χ0n) is 13.2. The summed E-state index contributed by atoms with van der Waals surface area (Å²) >= 11 is 5.53. The van der Waals surface area contributed by atoms with Gasteiger partial charge >= 0.3 is 0 Å². The molecule has 1 unspecified atom stereocenters. The molecule has 2 heterocycles. The smallest absolute Gasteiger partial charge is 0.185 e. The van der Waals surface area contributed by atoms with E-state index in [9.17, 15) is 0 Å². The summed E-state index contributed by atoms with van der Waals surface area (Å²) in [7, 11) is 0. The highest BCUT2D eigenvalue weighted by atomic mass is 32.5. The van der Waals surface area contributed by atoms with Crippen molar-refractivity contribution in [2.75, 3.05) is 33.0 Å². The lowest BCUT2D eigenvalue weighted by atomic mass is 9.84. The average Bonchev–Trinajstić information content (AvgIpc) is 2.43. The molecule has 3 atom stereocenters. The van der Waals surface area contributed by atoms with Crippen molar-refractivity contribution in [2.24, 2.45) is 11.8 Å². The Morgan fingerprint density at radius 1 is 1.15 bits per heavy atom. The Labute approximate surface area is 129 Å². The van der Waals surface area contributed by atoms with E-state index in [4.69, 9.17) is 20.9 Å². The van der Waals surface area contributed by atoms with Crippen LogP contribution in [-0.2, 0) is 20.9 Å². The van der Waals surface area contributed by atoms with Gasteiger partial charge in [0.05, 0.1) is 13.2 Å². The van der Waals surface area contributed by atoms with Crippen LogP contribution in [0.4, 0.5) is 0 Å². The zero-order valence-corrected chi connectivity index (χ0v) is 14.9. The fourth-order valence-corrected chi connectivity index (χ4v) is 4.80. The van der Waals surface area contributed by atoms with E-state index < -0.39 is 6.49 Å². The average molecular weight is 319 g/mol. The van der Waals surface area contributed by atoms with Gasteiger partial charge in [-0.15, -0.1) is 0 Å². The van der Waals surface area contributed by atoms with Crippen molar-refractivity contribution < 1.29 is 9.05 Å². The molecule has 0 amide bonds. The van der Waals surface area contributed by atoms with Gasteiger partial charge in [-0.1, -0.05) is 20.3 Å². The summed E-state index contributed by atoms with van der Waals surface area (Å²) in [5.74, 6) is 1.18. The molecule has 0 radical (unpaired) electrons. The van der Waals surface area contributed by atoms with Crippen LogP contribution >= 0.6 is 6.49 Å². The van der Waals surface area contributed by atoms with Crippen LogP contribution in [0.3, 0.4) is 0 Å². The summed E-state index contributed by atoms with van der Waals surface area (Å²) in [6.45, 7) is 8.31. The van der Waals surface area contributed by atoms with Gasteiger partial charge in [-0.05, 0) is 62.4 Å². The molecule has 2 aliphatic heterocycles. The first kappa shape index (κ1) is 16.9. The van der Waals surface area contributed by atoms with Gasteiger partial charge in [0.1, 0.15) is 0 Å². The lowest BCUT2D eigenvalue weighted by Crippen LogP contribution is -2.49. The molecule has 2 saturated heterocycles. The first-order valence-electron chi connectivity index (χ1n) is 8.08. The van der Waals surface area contributed by atoms with Crippen molar-refractivity contribution in [1.29, 1.82) is 0 Å². The third kappa shape index (κ3) is 5.06. The van der Waals surface area contributed by atoms with Crippen LogP contribution in [0.2, 0.25) is 0 Å². The lowest BCUT2D eigenvalue weighted by molar-refractivity contribution is 0.0355. The Morgan fingerprint density at radius 2 is 1.90 bits per heavy atom. The maximum Gasteiger partial charge on any atom is 0.185 e. The van der Waals surface area contributed by atoms with Crippen molar-refractivity contribution in [3.8, 4) is 0 Å². The minimum atomic E-state index is -2.05. The topological polar surface area (TPSA) is 21.7 Å². The quantitative estimate of drug-likeness (QED) is 0.693. The van der Waals surface area contributed by atoms with Crippen LogP contribution in [0.5, 0.6) is 0 Å². The minimum absolute atomic E-state index is 0.518. The number of hydrogen-bond donors (Lipinski definition) is 0. The Morgan fingerprint density at radius 3 is 2.65 bits per heavy atom. The number of rotatable bonds is 6. The normalized spacial score (nSPS) is 31.0. The molecule has 118 valence electrons. The van der Waals surface area contributed by atoms with Gasteiger partial charge in [-0.3, -0.25) is 0 Å². The van der Waals surface area contributed by atoms with Gasteiger partial charge < -0.3 is 13.9 Å². The molecule has 20 heavy (non-hydrogen) atoms. The van der Waals surface area contributed by atoms with Crippen molar-refractivity contribution in [2.45, 2.75) is 52.0 Å². The Balaban J connectivity index is 1.81. The van der Waals surface area contributed by atoms with Gasteiger partial charge in [0.2, 0.25) is 0 Å². The fourth-order valence-electron chi connectivity index (χ4n) is 3.32. The minimum Gasteiger partial charge on any atom is -0.329 e. The van der Waals surface area contributed by atoms with Crippen LogP contribution in [0.15, 0.2) is 0 Å². The Hall–Kier alpha value is 0.530. The summed E-state index contributed by atoms with van der Waals surface area (Å²) in [6, 6.07) is 0.734. The van der Waals surface area contributed by atoms with E-state index in [2.05, 4.69) is 18.7 Å². The number of piperidine rings is 2. The molecule has 3 nitrogen and oxygen atoms in total. The van der Waals surface area contributed by atoms with Crippen LogP contribution in [0.25, 0.3) is 0 Å².